The van der Waals surface area contributed by atoms with Gasteiger partial charge in [-0.05, 0) is 29.0 Å². The van der Waals surface area contributed by atoms with Crippen LogP contribution in [0.3, 0.4) is 0 Å². The van der Waals surface area contributed by atoms with Crippen LogP contribution in [0.15, 0.2) is 15.8 Å². The van der Waals surface area contributed by atoms with Gasteiger partial charge in [-0.15, -0.1) is 11.3 Å². The molecule has 0 N–H and O–H groups in total. The maximum absolute atomic E-state index is 10.6. The second-order valence-electron chi connectivity index (χ2n) is 2.48. The molecule has 2 nitrogen and oxygen atoms in total. The van der Waals surface area contributed by atoms with E-state index in [1.165, 1.54) is 11.3 Å². The summed E-state index contributed by atoms with van der Waals surface area (Å²) in [4.78, 5) is 11.5. The normalized spacial score (nSPS) is 21.5. The van der Waals surface area contributed by atoms with Gasteiger partial charge in [0.1, 0.15) is 0 Å². The van der Waals surface area contributed by atoms with E-state index in [0.29, 0.717) is 5.25 Å². The average Bonchev–Trinajstić information content (AvgIpc) is 2.74. The Morgan fingerprint density at radius 3 is 3.25 bits per heavy atom. The van der Waals surface area contributed by atoms with E-state index in [1.807, 2.05) is 17.7 Å². The quantitative estimate of drug-likeness (QED) is 0.539. The molecule has 0 spiro atoms. The van der Waals surface area contributed by atoms with Crippen molar-refractivity contribution < 1.29 is 4.79 Å². The Balaban J connectivity index is 2.26. The Bertz CT molecular complexity index is 311. The van der Waals surface area contributed by atoms with Crippen molar-refractivity contribution in [3.05, 3.63) is 21.9 Å². The molecule has 1 aromatic rings. The molecule has 1 aromatic heterocycles. The van der Waals surface area contributed by atoms with Gasteiger partial charge in [-0.25, -0.2) is 4.40 Å². The average molecular weight is 197 g/mol. The third-order valence-electron chi connectivity index (χ3n) is 1.76. The zero-order valence-corrected chi connectivity index (χ0v) is 7.90. The summed E-state index contributed by atoms with van der Waals surface area (Å²) in [5.41, 5.74) is 1.14. The lowest BCUT2D eigenvalue weighted by atomic mass is 10.1. The summed E-state index contributed by atoms with van der Waals surface area (Å²) in [7, 11) is 0. The van der Waals surface area contributed by atoms with Crippen LogP contribution in [0, 0.1) is 0 Å². The topological polar surface area (TPSA) is 29.4 Å². The summed E-state index contributed by atoms with van der Waals surface area (Å²) < 4.78 is 4.08. The van der Waals surface area contributed by atoms with E-state index in [2.05, 4.69) is 4.40 Å². The van der Waals surface area contributed by atoms with Gasteiger partial charge in [0.15, 0.2) is 6.29 Å². The van der Waals surface area contributed by atoms with Gasteiger partial charge in [-0.2, -0.15) is 0 Å². The zero-order chi connectivity index (χ0) is 8.39. The molecule has 1 aliphatic rings. The molecule has 0 aliphatic carbocycles. The number of hydrogen-bond acceptors (Lipinski definition) is 4. The molecule has 0 amide bonds. The highest BCUT2D eigenvalue weighted by molar-refractivity contribution is 7.98. The minimum Gasteiger partial charge on any atom is -0.297 e. The summed E-state index contributed by atoms with van der Waals surface area (Å²) in [5.74, 6) is 0. The van der Waals surface area contributed by atoms with Crippen LogP contribution in [0.25, 0.3) is 0 Å². The van der Waals surface area contributed by atoms with E-state index in [4.69, 9.17) is 0 Å². The minimum atomic E-state index is 0.372. The van der Waals surface area contributed by atoms with Crippen molar-refractivity contribution in [3.8, 4) is 0 Å². The van der Waals surface area contributed by atoms with Gasteiger partial charge in [0.05, 0.1) is 10.1 Å². The van der Waals surface area contributed by atoms with E-state index in [-0.39, 0.29) is 0 Å². The molecule has 0 fully saturated rings. The van der Waals surface area contributed by atoms with Gasteiger partial charge < -0.3 is 0 Å². The van der Waals surface area contributed by atoms with Gasteiger partial charge in [0.2, 0.25) is 0 Å². The van der Waals surface area contributed by atoms with E-state index in [9.17, 15) is 4.79 Å². The maximum Gasteiger partial charge on any atom is 0.160 e. The van der Waals surface area contributed by atoms with Gasteiger partial charge in [0.25, 0.3) is 0 Å². The minimum absolute atomic E-state index is 0.372. The highest BCUT2D eigenvalue weighted by atomic mass is 32.2. The van der Waals surface area contributed by atoms with Crippen molar-refractivity contribution in [1.29, 1.82) is 0 Å². The first kappa shape index (κ1) is 8.01. The fourth-order valence-electron chi connectivity index (χ4n) is 1.17. The molecule has 12 heavy (non-hydrogen) atoms. The molecule has 2 rings (SSSR count). The van der Waals surface area contributed by atoms with Crippen molar-refractivity contribution in [2.45, 2.75) is 11.7 Å². The Morgan fingerprint density at radius 2 is 2.58 bits per heavy atom. The number of carbonyl (C=O) groups is 1. The molecule has 0 radical (unpaired) electrons. The molecule has 1 atom stereocenters. The fourth-order valence-corrected chi connectivity index (χ4v) is 2.82. The SMILES string of the molecule is O=Cc1sccc1C1CC=NS1. The molecule has 2 heterocycles. The van der Waals surface area contributed by atoms with Gasteiger partial charge in [-0.1, -0.05) is 0 Å². The summed E-state index contributed by atoms with van der Waals surface area (Å²) in [6.45, 7) is 0. The maximum atomic E-state index is 10.6. The second kappa shape index (κ2) is 3.41. The number of carbonyl (C=O) groups excluding carboxylic acids is 1. The van der Waals surface area contributed by atoms with Crippen LogP contribution < -0.4 is 0 Å². The second-order valence-corrected chi connectivity index (χ2v) is 4.41. The first-order valence-corrected chi connectivity index (χ1v) is 5.33. The van der Waals surface area contributed by atoms with Crippen LogP contribution in [0.5, 0.6) is 0 Å². The number of aldehydes is 1. The van der Waals surface area contributed by atoms with Crippen LogP contribution >= 0.6 is 23.3 Å². The van der Waals surface area contributed by atoms with Crippen molar-refractivity contribution in [2.75, 3.05) is 0 Å². The van der Waals surface area contributed by atoms with Gasteiger partial charge >= 0.3 is 0 Å². The highest BCUT2D eigenvalue weighted by Crippen LogP contribution is 2.38. The summed E-state index contributed by atoms with van der Waals surface area (Å²) in [5, 5.41) is 2.33. The van der Waals surface area contributed by atoms with Crippen molar-refractivity contribution in [1.82, 2.24) is 0 Å². The Labute approximate surface area is 78.8 Å². The molecule has 1 aliphatic heterocycles. The van der Waals surface area contributed by atoms with Crippen LogP contribution in [-0.2, 0) is 0 Å². The number of rotatable bonds is 2. The number of nitrogens with zero attached hydrogens (tertiary/aromatic N) is 1. The molecule has 62 valence electrons. The first-order valence-electron chi connectivity index (χ1n) is 3.62. The largest absolute Gasteiger partial charge is 0.297 e. The molecular weight excluding hydrogens is 190 g/mol. The molecule has 1 unspecified atom stereocenters. The third-order valence-corrected chi connectivity index (χ3v) is 3.59. The standard InChI is InChI=1S/C8H7NOS2/c10-5-8-6(2-4-11-8)7-1-3-9-12-7/h2-5,7H,1H2. The predicted octanol–water partition coefficient (Wildman–Crippen LogP) is 2.72. The molecule has 0 bridgehead atoms. The lowest BCUT2D eigenvalue weighted by Crippen LogP contribution is -1.90. The Kier molecular flexibility index (Phi) is 2.28. The summed E-state index contributed by atoms with van der Waals surface area (Å²) >= 11 is 3.05. The van der Waals surface area contributed by atoms with Crippen LogP contribution in [0.2, 0.25) is 0 Å². The van der Waals surface area contributed by atoms with E-state index < -0.39 is 0 Å². The van der Waals surface area contributed by atoms with Crippen LogP contribution in [0.4, 0.5) is 0 Å². The summed E-state index contributed by atoms with van der Waals surface area (Å²) in [6.07, 6.45) is 3.78. The Hall–Kier alpha value is -0.610. The molecule has 0 saturated heterocycles. The molecule has 4 heteroatoms. The molecular formula is C8H7NOS2. The van der Waals surface area contributed by atoms with Crippen LogP contribution in [0.1, 0.15) is 26.9 Å². The molecule has 0 aromatic carbocycles. The van der Waals surface area contributed by atoms with Gasteiger partial charge in [-0.3, -0.25) is 4.79 Å². The van der Waals surface area contributed by atoms with Crippen LogP contribution in [-0.4, -0.2) is 12.5 Å². The summed E-state index contributed by atoms with van der Waals surface area (Å²) in [6, 6.07) is 2.01. The number of hydrogen-bond donors (Lipinski definition) is 0. The van der Waals surface area contributed by atoms with Crippen molar-refractivity contribution in [3.63, 3.8) is 0 Å². The van der Waals surface area contributed by atoms with Crippen molar-refractivity contribution in [2.24, 2.45) is 4.40 Å². The predicted molar refractivity (Wildman–Crippen MR) is 53.1 cm³/mol. The fraction of sp³-hybridized carbons (Fsp3) is 0.250. The van der Waals surface area contributed by atoms with Crippen molar-refractivity contribution >= 4 is 35.8 Å². The monoisotopic (exact) mass is 197 g/mol. The van der Waals surface area contributed by atoms with E-state index in [1.54, 1.807) is 11.9 Å². The van der Waals surface area contributed by atoms with Gasteiger partial charge in [0, 0.05) is 12.6 Å². The smallest absolute Gasteiger partial charge is 0.160 e. The molecule has 0 saturated carbocycles. The third kappa shape index (κ3) is 1.32. The lowest BCUT2D eigenvalue weighted by molar-refractivity contribution is 0.112. The lowest BCUT2D eigenvalue weighted by Gasteiger charge is -2.03. The first-order chi connectivity index (χ1) is 5.92. The van der Waals surface area contributed by atoms with E-state index in [0.717, 1.165) is 23.1 Å². The highest BCUT2D eigenvalue weighted by Gasteiger charge is 2.18. The zero-order valence-electron chi connectivity index (χ0n) is 6.27. The Morgan fingerprint density at radius 1 is 1.67 bits per heavy atom. The van der Waals surface area contributed by atoms with E-state index >= 15 is 0 Å². The number of thiophene rings is 1.